The molecule has 34 heavy (non-hydrogen) atoms. The predicted octanol–water partition coefficient (Wildman–Crippen LogP) is 4.65. The van der Waals surface area contributed by atoms with Gasteiger partial charge in [0.05, 0.1) is 5.69 Å². The third-order valence-electron chi connectivity index (χ3n) is 5.69. The molecule has 176 valence electrons. The minimum atomic E-state index is -0.912. The molecule has 1 aliphatic rings. The van der Waals surface area contributed by atoms with E-state index in [9.17, 15) is 14.4 Å². The SMILES string of the molecule is Cc1nc(NC(=O)OCC2c3ccccc3-c3ccccc32)sc1C(=O)NCC(C)CC(=O)O. The van der Waals surface area contributed by atoms with Gasteiger partial charge in [-0.1, -0.05) is 66.8 Å². The van der Waals surface area contributed by atoms with Gasteiger partial charge in [0.1, 0.15) is 11.5 Å². The quantitative estimate of drug-likeness (QED) is 0.433. The van der Waals surface area contributed by atoms with E-state index in [1.165, 1.54) is 0 Å². The highest BCUT2D eigenvalue weighted by molar-refractivity contribution is 7.17. The Morgan fingerprint density at radius 2 is 1.71 bits per heavy atom. The maximum Gasteiger partial charge on any atom is 0.413 e. The van der Waals surface area contributed by atoms with Crippen molar-refractivity contribution in [1.82, 2.24) is 10.3 Å². The number of carboxylic acid groups (broad SMARTS) is 1. The summed E-state index contributed by atoms with van der Waals surface area (Å²) in [4.78, 5) is 40.3. The van der Waals surface area contributed by atoms with Crippen molar-refractivity contribution in [1.29, 1.82) is 0 Å². The lowest BCUT2D eigenvalue weighted by Crippen LogP contribution is -2.29. The molecule has 1 heterocycles. The van der Waals surface area contributed by atoms with E-state index in [-0.39, 0.29) is 42.4 Å². The van der Waals surface area contributed by atoms with E-state index in [0.717, 1.165) is 33.6 Å². The van der Waals surface area contributed by atoms with Gasteiger partial charge in [0, 0.05) is 18.9 Å². The number of hydrogen-bond donors (Lipinski definition) is 3. The fourth-order valence-corrected chi connectivity index (χ4v) is 4.97. The molecule has 0 bridgehead atoms. The number of anilines is 1. The Hall–Kier alpha value is -3.72. The van der Waals surface area contributed by atoms with Crippen LogP contribution in [0.5, 0.6) is 0 Å². The number of amides is 2. The summed E-state index contributed by atoms with van der Waals surface area (Å²) < 4.78 is 5.53. The lowest BCUT2D eigenvalue weighted by molar-refractivity contribution is -0.137. The summed E-state index contributed by atoms with van der Waals surface area (Å²) in [5.41, 5.74) is 5.02. The molecular weight excluding hydrogens is 454 g/mol. The lowest BCUT2D eigenvalue weighted by atomic mass is 9.98. The zero-order valence-electron chi connectivity index (χ0n) is 18.8. The average Bonchev–Trinajstić information content (AvgIpc) is 3.33. The summed E-state index contributed by atoms with van der Waals surface area (Å²) in [7, 11) is 0. The van der Waals surface area contributed by atoms with E-state index in [4.69, 9.17) is 9.84 Å². The minimum absolute atomic E-state index is 0.0312. The van der Waals surface area contributed by atoms with Crippen LogP contribution < -0.4 is 10.6 Å². The van der Waals surface area contributed by atoms with Crippen LogP contribution in [-0.2, 0) is 9.53 Å². The summed E-state index contributed by atoms with van der Waals surface area (Å²) in [6.45, 7) is 3.84. The van der Waals surface area contributed by atoms with Crippen LogP contribution in [0.25, 0.3) is 11.1 Å². The number of benzene rings is 2. The fourth-order valence-electron chi connectivity index (χ4n) is 4.10. The second-order valence-electron chi connectivity index (χ2n) is 8.30. The molecule has 9 heteroatoms. The van der Waals surface area contributed by atoms with E-state index in [2.05, 4.69) is 27.8 Å². The molecular formula is C25H25N3O5S. The number of nitrogens with one attached hydrogen (secondary N) is 2. The van der Waals surface area contributed by atoms with Gasteiger partial charge in [-0.15, -0.1) is 0 Å². The number of carbonyl (C=O) groups excluding carboxylic acids is 2. The van der Waals surface area contributed by atoms with Crippen LogP contribution in [0.4, 0.5) is 9.93 Å². The van der Waals surface area contributed by atoms with Gasteiger partial charge in [-0.3, -0.25) is 14.9 Å². The molecule has 2 amide bonds. The summed E-state index contributed by atoms with van der Waals surface area (Å²) in [6.07, 6.45) is -0.672. The van der Waals surface area contributed by atoms with Crippen molar-refractivity contribution < 1.29 is 24.2 Å². The normalized spacial score (nSPS) is 13.0. The van der Waals surface area contributed by atoms with Gasteiger partial charge >= 0.3 is 12.1 Å². The number of ether oxygens (including phenoxy) is 1. The van der Waals surface area contributed by atoms with Crippen LogP contribution in [0.1, 0.15) is 45.8 Å². The highest BCUT2D eigenvalue weighted by Crippen LogP contribution is 2.44. The van der Waals surface area contributed by atoms with Gasteiger partial charge in [0.2, 0.25) is 0 Å². The Bertz CT molecular complexity index is 1190. The van der Waals surface area contributed by atoms with E-state index in [0.29, 0.717) is 10.6 Å². The lowest BCUT2D eigenvalue weighted by Gasteiger charge is -2.14. The average molecular weight is 480 g/mol. The van der Waals surface area contributed by atoms with Crippen molar-refractivity contribution in [3.05, 3.63) is 70.2 Å². The van der Waals surface area contributed by atoms with E-state index >= 15 is 0 Å². The number of rotatable bonds is 8. The zero-order chi connectivity index (χ0) is 24.2. The number of hydrogen-bond acceptors (Lipinski definition) is 6. The summed E-state index contributed by atoms with van der Waals surface area (Å²) in [5.74, 6) is -1.52. The molecule has 8 nitrogen and oxygen atoms in total. The first kappa shape index (κ1) is 23.4. The smallest absolute Gasteiger partial charge is 0.413 e. The molecule has 1 unspecified atom stereocenters. The number of aromatic nitrogens is 1. The van der Waals surface area contributed by atoms with Gasteiger partial charge in [-0.2, -0.15) is 0 Å². The van der Waals surface area contributed by atoms with E-state index in [1.54, 1.807) is 13.8 Å². The van der Waals surface area contributed by atoms with Crippen LogP contribution in [0, 0.1) is 12.8 Å². The third kappa shape index (κ3) is 5.09. The Balaban J connectivity index is 1.35. The second-order valence-corrected chi connectivity index (χ2v) is 9.30. The first-order chi connectivity index (χ1) is 16.3. The number of thiazole rings is 1. The predicted molar refractivity (Wildman–Crippen MR) is 129 cm³/mol. The van der Waals surface area contributed by atoms with Gasteiger partial charge in [-0.25, -0.2) is 9.78 Å². The van der Waals surface area contributed by atoms with Gasteiger partial charge in [0.25, 0.3) is 5.91 Å². The highest BCUT2D eigenvalue weighted by Gasteiger charge is 2.29. The Morgan fingerprint density at radius 3 is 2.32 bits per heavy atom. The van der Waals surface area contributed by atoms with Crippen LogP contribution in [0.3, 0.4) is 0 Å². The van der Waals surface area contributed by atoms with Gasteiger partial charge in [-0.05, 0) is 35.1 Å². The summed E-state index contributed by atoms with van der Waals surface area (Å²) in [6, 6.07) is 16.2. The van der Waals surface area contributed by atoms with Crippen molar-refractivity contribution in [3.8, 4) is 11.1 Å². The Labute approximate surface area is 201 Å². The minimum Gasteiger partial charge on any atom is -0.481 e. The third-order valence-corrected chi connectivity index (χ3v) is 6.76. The molecule has 1 aliphatic carbocycles. The standard InChI is InChI=1S/C25H25N3O5S/c1-14(11-21(29)30)12-26-23(31)22-15(2)27-24(34-22)28-25(32)33-13-20-18-9-5-3-7-16(18)17-8-4-6-10-19(17)20/h3-10,14,20H,11-13H2,1-2H3,(H,26,31)(H,29,30)(H,27,28,32). The van der Waals surface area contributed by atoms with Gasteiger partial charge < -0.3 is 15.2 Å². The second kappa shape index (κ2) is 10.0. The number of fused-ring (bicyclic) bond motifs is 3. The molecule has 3 N–H and O–H groups in total. The molecule has 0 aliphatic heterocycles. The summed E-state index contributed by atoms with van der Waals surface area (Å²) >= 11 is 1.05. The number of carboxylic acids is 1. The molecule has 0 saturated heterocycles. The zero-order valence-corrected chi connectivity index (χ0v) is 19.6. The molecule has 0 radical (unpaired) electrons. The van der Waals surface area contributed by atoms with Crippen molar-refractivity contribution >= 4 is 34.4 Å². The number of aliphatic carboxylic acids is 1. The number of nitrogens with zero attached hydrogens (tertiary/aromatic N) is 1. The first-order valence-electron chi connectivity index (χ1n) is 10.9. The van der Waals surface area contributed by atoms with Crippen LogP contribution in [0.15, 0.2) is 48.5 Å². The Kier molecular flexibility index (Phi) is 6.93. The molecule has 1 aromatic heterocycles. The molecule has 3 aromatic rings. The fraction of sp³-hybridized carbons (Fsp3) is 0.280. The van der Waals surface area contributed by atoms with Crippen molar-refractivity contribution in [2.24, 2.45) is 5.92 Å². The van der Waals surface area contributed by atoms with Gasteiger partial charge in [0.15, 0.2) is 5.13 Å². The van der Waals surface area contributed by atoms with Crippen molar-refractivity contribution in [2.75, 3.05) is 18.5 Å². The van der Waals surface area contributed by atoms with Crippen molar-refractivity contribution in [2.45, 2.75) is 26.2 Å². The highest BCUT2D eigenvalue weighted by atomic mass is 32.1. The first-order valence-corrected chi connectivity index (χ1v) is 11.7. The van der Waals surface area contributed by atoms with E-state index in [1.807, 2.05) is 36.4 Å². The number of carbonyl (C=O) groups is 3. The largest absolute Gasteiger partial charge is 0.481 e. The van der Waals surface area contributed by atoms with Crippen molar-refractivity contribution in [3.63, 3.8) is 0 Å². The molecule has 0 fully saturated rings. The molecule has 4 rings (SSSR count). The van der Waals surface area contributed by atoms with Crippen LogP contribution in [-0.4, -0.2) is 41.2 Å². The maximum atomic E-state index is 12.5. The summed E-state index contributed by atoms with van der Waals surface area (Å²) in [5, 5.41) is 14.4. The Morgan fingerprint density at radius 1 is 1.09 bits per heavy atom. The molecule has 0 spiro atoms. The van der Waals surface area contributed by atoms with E-state index < -0.39 is 12.1 Å². The molecule has 1 atom stereocenters. The molecule has 0 saturated carbocycles. The maximum absolute atomic E-state index is 12.5. The monoisotopic (exact) mass is 479 g/mol. The topological polar surface area (TPSA) is 118 Å². The van der Waals surface area contributed by atoms with Crippen LogP contribution >= 0.6 is 11.3 Å². The van der Waals surface area contributed by atoms with Crippen LogP contribution in [0.2, 0.25) is 0 Å². The number of aryl methyl sites for hydroxylation is 1. The molecule has 2 aromatic carbocycles.